The van der Waals surface area contributed by atoms with Crippen LogP contribution >= 0.6 is 0 Å². The Morgan fingerprint density at radius 3 is 2.65 bits per heavy atom. The summed E-state index contributed by atoms with van der Waals surface area (Å²) in [5.74, 6) is 0.485. The number of benzene rings is 1. The molecule has 3 aromatic rings. The van der Waals surface area contributed by atoms with Crippen LogP contribution in [-0.4, -0.2) is 40.7 Å². The lowest BCUT2D eigenvalue weighted by atomic mass is 10.0. The molecule has 4 rings (SSSR count). The van der Waals surface area contributed by atoms with Gasteiger partial charge in [-0.3, -0.25) is 4.68 Å². The largest absolute Gasteiger partial charge is 0.399 e. The van der Waals surface area contributed by atoms with Crippen molar-refractivity contribution in [3.05, 3.63) is 48.9 Å². The normalized spacial score (nSPS) is 17.3. The maximum atomic E-state index is 6.07. The van der Waals surface area contributed by atoms with Crippen molar-refractivity contribution in [3.63, 3.8) is 0 Å². The minimum Gasteiger partial charge on any atom is -0.399 e. The molecule has 0 radical (unpaired) electrons. The van der Waals surface area contributed by atoms with Crippen LogP contribution < -0.4 is 11.5 Å². The van der Waals surface area contributed by atoms with Crippen LogP contribution in [0.2, 0.25) is 0 Å². The summed E-state index contributed by atoms with van der Waals surface area (Å²) >= 11 is 0. The van der Waals surface area contributed by atoms with E-state index >= 15 is 0 Å². The van der Waals surface area contributed by atoms with Crippen LogP contribution in [-0.2, 0) is 16.0 Å². The Morgan fingerprint density at radius 1 is 1.04 bits per heavy atom. The molecule has 0 aliphatic carbocycles. The molecular formula is C19H21N5O2. The summed E-state index contributed by atoms with van der Waals surface area (Å²) in [5, 5.41) is 4.43. The van der Waals surface area contributed by atoms with Crippen LogP contribution in [0.4, 0.5) is 11.5 Å². The van der Waals surface area contributed by atoms with E-state index in [9.17, 15) is 0 Å². The van der Waals surface area contributed by atoms with Crippen molar-refractivity contribution < 1.29 is 9.47 Å². The molecule has 1 aromatic carbocycles. The number of hydrogen-bond acceptors (Lipinski definition) is 6. The van der Waals surface area contributed by atoms with Gasteiger partial charge in [-0.2, -0.15) is 5.10 Å². The summed E-state index contributed by atoms with van der Waals surface area (Å²) in [5.41, 5.74) is 16.3. The predicted molar refractivity (Wildman–Crippen MR) is 100 cm³/mol. The zero-order valence-corrected chi connectivity index (χ0v) is 14.3. The third kappa shape index (κ3) is 3.54. The molecule has 1 unspecified atom stereocenters. The number of pyridine rings is 1. The molecule has 0 amide bonds. The van der Waals surface area contributed by atoms with Gasteiger partial charge < -0.3 is 20.9 Å². The van der Waals surface area contributed by atoms with Crippen molar-refractivity contribution >= 4 is 11.5 Å². The summed E-state index contributed by atoms with van der Waals surface area (Å²) in [6.07, 6.45) is 5.60. The number of nitrogens with two attached hydrogens (primary N) is 2. The summed E-state index contributed by atoms with van der Waals surface area (Å²) in [4.78, 5) is 4.34. The Hall–Kier alpha value is -2.90. The first-order valence-electron chi connectivity index (χ1n) is 8.52. The van der Waals surface area contributed by atoms with Crippen LogP contribution in [0.5, 0.6) is 0 Å². The smallest absolute Gasteiger partial charge is 0.131 e. The molecule has 2 aromatic heterocycles. The minimum atomic E-state index is 0.0337. The highest BCUT2D eigenvalue weighted by atomic mass is 16.6. The highest BCUT2D eigenvalue weighted by molar-refractivity contribution is 5.79. The van der Waals surface area contributed by atoms with E-state index in [1.165, 1.54) is 0 Å². The summed E-state index contributed by atoms with van der Waals surface area (Å²) in [6.45, 7) is 2.55. The van der Waals surface area contributed by atoms with E-state index in [1.807, 2.05) is 47.4 Å². The van der Waals surface area contributed by atoms with E-state index in [0.29, 0.717) is 37.9 Å². The number of rotatable bonds is 4. The number of nitrogen functional groups attached to an aromatic ring is 2. The molecule has 26 heavy (non-hydrogen) atoms. The van der Waals surface area contributed by atoms with Gasteiger partial charge >= 0.3 is 0 Å². The second kappa shape index (κ2) is 7.15. The van der Waals surface area contributed by atoms with Crippen LogP contribution in [0.25, 0.3) is 22.3 Å². The first-order valence-corrected chi connectivity index (χ1v) is 8.52. The molecule has 134 valence electrons. The fourth-order valence-corrected chi connectivity index (χ4v) is 2.99. The molecule has 1 aliphatic rings. The summed E-state index contributed by atoms with van der Waals surface area (Å²) < 4.78 is 13.0. The fraction of sp³-hybridized carbons (Fsp3) is 0.263. The maximum absolute atomic E-state index is 6.07. The van der Waals surface area contributed by atoms with Crippen molar-refractivity contribution in [2.75, 3.05) is 31.3 Å². The van der Waals surface area contributed by atoms with Crippen molar-refractivity contribution in [1.82, 2.24) is 14.8 Å². The molecule has 1 atom stereocenters. The Balaban J connectivity index is 1.58. The Labute approximate surface area is 151 Å². The highest BCUT2D eigenvalue weighted by Crippen LogP contribution is 2.29. The van der Waals surface area contributed by atoms with Gasteiger partial charge in [0, 0.05) is 34.8 Å². The molecule has 4 N–H and O–H groups in total. The van der Waals surface area contributed by atoms with Crippen LogP contribution in [0, 0.1) is 0 Å². The van der Waals surface area contributed by atoms with E-state index in [0.717, 1.165) is 22.3 Å². The number of aromatic nitrogens is 3. The predicted octanol–water partition coefficient (Wildman–Crippen LogP) is 2.19. The van der Waals surface area contributed by atoms with Gasteiger partial charge in [-0.25, -0.2) is 4.98 Å². The molecule has 1 aliphatic heterocycles. The van der Waals surface area contributed by atoms with Crippen LogP contribution in [0.3, 0.4) is 0 Å². The van der Waals surface area contributed by atoms with Gasteiger partial charge in [0.05, 0.1) is 32.6 Å². The van der Waals surface area contributed by atoms with Crippen molar-refractivity contribution in [2.45, 2.75) is 12.6 Å². The monoisotopic (exact) mass is 351 g/mol. The molecule has 1 fully saturated rings. The average Bonchev–Trinajstić information content (AvgIpc) is 3.12. The summed E-state index contributed by atoms with van der Waals surface area (Å²) in [6, 6.07) is 9.61. The van der Waals surface area contributed by atoms with E-state index in [2.05, 4.69) is 10.1 Å². The van der Waals surface area contributed by atoms with E-state index < -0.39 is 0 Å². The van der Waals surface area contributed by atoms with E-state index in [1.54, 1.807) is 6.20 Å². The van der Waals surface area contributed by atoms with Gasteiger partial charge in [-0.15, -0.1) is 0 Å². The van der Waals surface area contributed by atoms with Gasteiger partial charge in [-0.1, -0.05) is 12.1 Å². The SMILES string of the molecule is Nc1ccc(-c2cc(-c3cnn(CC4COCCO4)c3)cnc2N)cc1. The van der Waals surface area contributed by atoms with Crippen LogP contribution in [0.1, 0.15) is 0 Å². The lowest BCUT2D eigenvalue weighted by Gasteiger charge is -2.22. The standard InChI is InChI=1S/C19H21N5O2/c20-16-3-1-13(2-4-16)18-7-14(8-22-19(18)21)15-9-23-24(10-15)11-17-12-25-5-6-26-17/h1-4,7-10,17H,5-6,11-12,20H2,(H2,21,22). The van der Waals surface area contributed by atoms with Crippen molar-refractivity contribution in [1.29, 1.82) is 0 Å². The van der Waals surface area contributed by atoms with Gasteiger partial charge in [0.15, 0.2) is 0 Å². The number of anilines is 2. The second-order valence-corrected chi connectivity index (χ2v) is 6.30. The first-order chi connectivity index (χ1) is 12.7. The van der Waals surface area contributed by atoms with Crippen LogP contribution in [0.15, 0.2) is 48.9 Å². The van der Waals surface area contributed by atoms with Crippen molar-refractivity contribution in [3.8, 4) is 22.3 Å². The van der Waals surface area contributed by atoms with E-state index in [-0.39, 0.29) is 6.10 Å². The maximum Gasteiger partial charge on any atom is 0.131 e. The minimum absolute atomic E-state index is 0.0337. The van der Waals surface area contributed by atoms with Gasteiger partial charge in [0.25, 0.3) is 0 Å². The van der Waals surface area contributed by atoms with Gasteiger partial charge in [0.1, 0.15) is 11.9 Å². The molecule has 0 bridgehead atoms. The lowest BCUT2D eigenvalue weighted by Crippen LogP contribution is -2.32. The Bertz CT molecular complexity index is 885. The molecule has 0 spiro atoms. The van der Waals surface area contributed by atoms with Gasteiger partial charge in [-0.05, 0) is 23.8 Å². The molecule has 7 heteroatoms. The molecule has 7 nitrogen and oxygen atoms in total. The van der Waals surface area contributed by atoms with Gasteiger partial charge in [0.2, 0.25) is 0 Å². The number of ether oxygens (including phenoxy) is 2. The highest BCUT2D eigenvalue weighted by Gasteiger charge is 2.16. The average molecular weight is 351 g/mol. The molecular weight excluding hydrogens is 330 g/mol. The topological polar surface area (TPSA) is 101 Å². The quantitative estimate of drug-likeness (QED) is 0.699. The zero-order valence-electron chi connectivity index (χ0n) is 14.3. The number of nitrogens with zero attached hydrogens (tertiary/aromatic N) is 3. The third-order valence-corrected chi connectivity index (χ3v) is 4.38. The number of hydrogen-bond donors (Lipinski definition) is 2. The third-order valence-electron chi connectivity index (χ3n) is 4.38. The Morgan fingerprint density at radius 2 is 1.88 bits per heavy atom. The zero-order chi connectivity index (χ0) is 17.9. The summed E-state index contributed by atoms with van der Waals surface area (Å²) in [7, 11) is 0. The van der Waals surface area contributed by atoms with Crippen molar-refractivity contribution in [2.24, 2.45) is 0 Å². The Kier molecular flexibility index (Phi) is 4.55. The van der Waals surface area contributed by atoms with E-state index in [4.69, 9.17) is 20.9 Å². The second-order valence-electron chi connectivity index (χ2n) is 6.30. The first kappa shape index (κ1) is 16.6. The molecule has 0 saturated carbocycles. The fourth-order valence-electron chi connectivity index (χ4n) is 2.99. The molecule has 1 saturated heterocycles. The molecule has 3 heterocycles. The lowest BCUT2D eigenvalue weighted by molar-refractivity contribution is -0.0946.